The van der Waals surface area contributed by atoms with Crippen molar-refractivity contribution < 1.29 is 22.7 Å². The largest absolute Gasteiger partial charge is 0.488 e. The summed E-state index contributed by atoms with van der Waals surface area (Å²) in [6, 6.07) is 22.4. The summed E-state index contributed by atoms with van der Waals surface area (Å²) in [5.74, 6) is -0.537. The quantitative estimate of drug-likeness (QED) is 0.197. The molecule has 0 aliphatic heterocycles. The van der Waals surface area contributed by atoms with Gasteiger partial charge >= 0.3 is 6.18 Å². The van der Waals surface area contributed by atoms with Gasteiger partial charge in [0.1, 0.15) is 24.0 Å². The first kappa shape index (κ1) is 26.1. The number of nitrogens with zero attached hydrogens (tertiary/aromatic N) is 1. The smallest absolute Gasteiger partial charge is 0.416 e. The molecule has 4 aromatic rings. The van der Waals surface area contributed by atoms with Gasteiger partial charge in [-0.3, -0.25) is 4.79 Å². The molecule has 9 heteroatoms. The second-order valence-electron chi connectivity index (χ2n) is 7.89. The maximum Gasteiger partial charge on any atom is 0.416 e. The number of ether oxygens (including phenoxy) is 1. The van der Waals surface area contributed by atoms with Gasteiger partial charge in [0.25, 0.3) is 5.91 Å². The fourth-order valence-corrected chi connectivity index (χ4v) is 3.96. The Balaban J connectivity index is 1.71. The molecule has 186 valence electrons. The van der Waals surface area contributed by atoms with E-state index in [1.165, 1.54) is 6.08 Å². The number of nitrogens with one attached hydrogen (secondary N) is 1. The number of fused-ring (bicyclic) bond motifs is 1. The predicted molar refractivity (Wildman–Crippen MR) is 138 cm³/mol. The molecule has 37 heavy (non-hydrogen) atoms. The van der Waals surface area contributed by atoms with Gasteiger partial charge in [0.2, 0.25) is 0 Å². The molecule has 0 saturated heterocycles. The molecule has 0 aliphatic carbocycles. The van der Waals surface area contributed by atoms with Crippen LogP contribution in [0.15, 0.2) is 84.4 Å². The third kappa shape index (κ3) is 6.05. The van der Waals surface area contributed by atoms with E-state index in [0.717, 1.165) is 23.1 Å². The molecule has 0 saturated carbocycles. The first-order valence-electron chi connectivity index (χ1n) is 10.8. The maximum atomic E-state index is 13.1. The van der Waals surface area contributed by atoms with E-state index in [9.17, 15) is 23.2 Å². The third-order valence-electron chi connectivity index (χ3n) is 5.47. The minimum absolute atomic E-state index is 0.104. The van der Waals surface area contributed by atoms with Gasteiger partial charge < -0.3 is 10.1 Å². The molecule has 0 spiro atoms. The molecule has 0 radical (unpaired) electrons. The van der Waals surface area contributed by atoms with Crippen LogP contribution in [0.5, 0.6) is 5.75 Å². The summed E-state index contributed by atoms with van der Waals surface area (Å²) < 4.78 is 45.4. The Kier molecular flexibility index (Phi) is 7.72. The molecule has 0 unspecified atom stereocenters. The number of nitriles is 1. The molecular formula is C28H17Cl2F3N2O2. The van der Waals surface area contributed by atoms with Crippen LogP contribution in [0, 0.1) is 11.3 Å². The minimum atomic E-state index is -4.63. The Labute approximate surface area is 220 Å². The van der Waals surface area contributed by atoms with Gasteiger partial charge in [0, 0.05) is 16.1 Å². The molecule has 0 aromatic heterocycles. The van der Waals surface area contributed by atoms with Crippen molar-refractivity contribution in [2.75, 3.05) is 5.32 Å². The lowest BCUT2D eigenvalue weighted by Crippen LogP contribution is -2.15. The highest BCUT2D eigenvalue weighted by molar-refractivity contribution is 6.34. The van der Waals surface area contributed by atoms with E-state index >= 15 is 0 Å². The van der Waals surface area contributed by atoms with Crippen molar-refractivity contribution in [3.8, 4) is 11.8 Å². The average Bonchev–Trinajstić information content (AvgIpc) is 2.87. The number of hydrogen-bond donors (Lipinski definition) is 1. The van der Waals surface area contributed by atoms with Crippen LogP contribution < -0.4 is 10.1 Å². The second-order valence-corrected chi connectivity index (χ2v) is 8.71. The molecule has 0 atom stereocenters. The summed E-state index contributed by atoms with van der Waals surface area (Å²) in [5.41, 5.74) is -0.418. The van der Waals surface area contributed by atoms with Crippen LogP contribution in [0.3, 0.4) is 0 Å². The van der Waals surface area contributed by atoms with Crippen LogP contribution in [-0.2, 0) is 17.6 Å². The van der Waals surface area contributed by atoms with E-state index in [4.69, 9.17) is 27.9 Å². The zero-order valence-corrected chi connectivity index (χ0v) is 20.5. The predicted octanol–water partition coefficient (Wildman–Crippen LogP) is 8.29. The first-order valence-corrected chi connectivity index (χ1v) is 11.6. The summed E-state index contributed by atoms with van der Waals surface area (Å²) in [7, 11) is 0. The SMILES string of the molecule is N#C/C(=C\c1c(OCc2ccccc2Cl)ccc2ccccc12)C(=O)Nc1cc(C(F)(F)F)ccc1Cl. The van der Waals surface area contributed by atoms with Crippen LogP contribution >= 0.6 is 23.2 Å². The Hall–Kier alpha value is -3.99. The highest BCUT2D eigenvalue weighted by Gasteiger charge is 2.31. The van der Waals surface area contributed by atoms with Gasteiger partial charge in [-0.05, 0) is 47.2 Å². The fourth-order valence-electron chi connectivity index (χ4n) is 3.60. The maximum absolute atomic E-state index is 13.1. The lowest BCUT2D eigenvalue weighted by atomic mass is 10.0. The number of rotatable bonds is 6. The molecule has 0 fully saturated rings. The Morgan fingerprint density at radius 1 is 0.973 bits per heavy atom. The zero-order valence-electron chi connectivity index (χ0n) is 18.9. The Morgan fingerprint density at radius 2 is 1.70 bits per heavy atom. The Morgan fingerprint density at radius 3 is 2.43 bits per heavy atom. The van der Waals surface area contributed by atoms with Gasteiger partial charge in [0.15, 0.2) is 0 Å². The van der Waals surface area contributed by atoms with E-state index < -0.39 is 17.6 Å². The van der Waals surface area contributed by atoms with E-state index in [1.807, 2.05) is 36.4 Å². The number of hydrogen-bond acceptors (Lipinski definition) is 3. The van der Waals surface area contributed by atoms with Crippen molar-refractivity contribution in [2.24, 2.45) is 0 Å². The standard InChI is InChI=1S/C28H17Cl2F3N2O2/c29-23-8-4-2-6-18(23)16-37-26-12-9-17-5-1-3-7-21(17)22(26)13-19(15-34)27(36)35-25-14-20(28(31,32)33)10-11-24(25)30/h1-14H,16H2,(H,35,36)/b19-13+. The van der Waals surface area contributed by atoms with Crippen molar-refractivity contribution in [1.82, 2.24) is 0 Å². The number of amides is 1. The highest BCUT2D eigenvalue weighted by Crippen LogP contribution is 2.35. The van der Waals surface area contributed by atoms with E-state index in [2.05, 4.69) is 5.32 Å². The molecule has 0 heterocycles. The van der Waals surface area contributed by atoms with Gasteiger partial charge in [-0.25, -0.2) is 0 Å². The van der Waals surface area contributed by atoms with Gasteiger partial charge in [0.05, 0.1) is 16.3 Å². The normalized spacial score (nSPS) is 11.7. The number of benzene rings is 4. The number of anilines is 1. The van der Waals surface area contributed by atoms with Crippen LogP contribution in [0.1, 0.15) is 16.7 Å². The topological polar surface area (TPSA) is 62.1 Å². The van der Waals surface area contributed by atoms with Crippen molar-refractivity contribution in [3.63, 3.8) is 0 Å². The zero-order chi connectivity index (χ0) is 26.6. The van der Waals surface area contributed by atoms with Crippen molar-refractivity contribution in [2.45, 2.75) is 12.8 Å². The molecule has 4 nitrogen and oxygen atoms in total. The summed E-state index contributed by atoms with van der Waals surface area (Å²) in [6.07, 6.45) is -3.30. The average molecular weight is 541 g/mol. The Bertz CT molecular complexity index is 1560. The second kappa shape index (κ2) is 11.0. The van der Waals surface area contributed by atoms with Gasteiger partial charge in [-0.15, -0.1) is 0 Å². The molecule has 0 aliphatic rings. The molecule has 4 rings (SSSR count). The van der Waals surface area contributed by atoms with Crippen molar-refractivity contribution in [1.29, 1.82) is 5.26 Å². The number of carbonyl (C=O) groups is 1. The lowest BCUT2D eigenvalue weighted by molar-refractivity contribution is -0.137. The third-order valence-corrected chi connectivity index (χ3v) is 6.17. The lowest BCUT2D eigenvalue weighted by Gasteiger charge is -2.14. The van der Waals surface area contributed by atoms with Crippen LogP contribution in [0.4, 0.5) is 18.9 Å². The number of halogens is 5. The number of carbonyl (C=O) groups excluding carboxylic acids is 1. The van der Waals surface area contributed by atoms with E-state index in [1.54, 1.807) is 30.3 Å². The first-order chi connectivity index (χ1) is 17.7. The van der Waals surface area contributed by atoms with E-state index in [0.29, 0.717) is 27.8 Å². The summed E-state index contributed by atoms with van der Waals surface area (Å²) in [4.78, 5) is 12.9. The minimum Gasteiger partial charge on any atom is -0.488 e. The monoisotopic (exact) mass is 540 g/mol. The number of alkyl halides is 3. The van der Waals surface area contributed by atoms with E-state index in [-0.39, 0.29) is 22.9 Å². The van der Waals surface area contributed by atoms with Gasteiger partial charge in [-0.2, -0.15) is 18.4 Å². The van der Waals surface area contributed by atoms with Gasteiger partial charge in [-0.1, -0.05) is 71.7 Å². The van der Waals surface area contributed by atoms with Crippen molar-refractivity contribution >= 4 is 51.6 Å². The highest BCUT2D eigenvalue weighted by atomic mass is 35.5. The fraction of sp³-hybridized carbons (Fsp3) is 0.0714. The summed E-state index contributed by atoms with van der Waals surface area (Å²) >= 11 is 12.2. The molecule has 1 N–H and O–H groups in total. The molecule has 1 amide bonds. The summed E-state index contributed by atoms with van der Waals surface area (Å²) in [6.45, 7) is 0.132. The van der Waals surface area contributed by atoms with Crippen LogP contribution in [0.2, 0.25) is 10.0 Å². The molecule has 4 aromatic carbocycles. The van der Waals surface area contributed by atoms with Crippen molar-refractivity contribution in [3.05, 3.63) is 111 Å². The molecular weight excluding hydrogens is 524 g/mol. The molecule has 0 bridgehead atoms. The van der Waals surface area contributed by atoms with Crippen LogP contribution in [-0.4, -0.2) is 5.91 Å². The van der Waals surface area contributed by atoms with Crippen LogP contribution in [0.25, 0.3) is 16.8 Å². The summed E-state index contributed by atoms with van der Waals surface area (Å²) in [5, 5.41) is 14.0.